The fraction of sp³-hybridized carbons (Fsp3) is 0.625. The van der Waals surface area contributed by atoms with Gasteiger partial charge in [-0.05, 0) is 56.8 Å². The minimum atomic E-state index is 0.779. The Morgan fingerprint density at radius 3 is 2.89 bits per heavy atom. The first-order valence-electron chi connectivity index (χ1n) is 7.32. The van der Waals surface area contributed by atoms with E-state index in [0.29, 0.717) is 0 Å². The van der Waals surface area contributed by atoms with Crippen molar-refractivity contribution in [2.45, 2.75) is 32.6 Å². The molecule has 1 saturated heterocycles. The van der Waals surface area contributed by atoms with Crippen LogP contribution < -0.4 is 14.8 Å². The Morgan fingerprint density at radius 1 is 1.37 bits per heavy atom. The van der Waals surface area contributed by atoms with Crippen LogP contribution in [-0.2, 0) is 12.8 Å². The van der Waals surface area contributed by atoms with Crippen molar-refractivity contribution in [3.63, 3.8) is 0 Å². The van der Waals surface area contributed by atoms with Crippen molar-refractivity contribution in [2.75, 3.05) is 26.8 Å². The van der Waals surface area contributed by atoms with Crippen LogP contribution in [0.15, 0.2) is 6.07 Å². The van der Waals surface area contributed by atoms with Gasteiger partial charge in [0.25, 0.3) is 0 Å². The van der Waals surface area contributed by atoms with Crippen LogP contribution in [-0.4, -0.2) is 26.8 Å². The standard InChI is InChI=1S/C16H23NO2/c1-11-9-15-13(5-8-19-15)14(16(11)18-2)10-12-3-6-17-7-4-12/h9,12,17H,3-8,10H2,1-2H3. The summed E-state index contributed by atoms with van der Waals surface area (Å²) >= 11 is 0. The number of hydrogen-bond donors (Lipinski definition) is 1. The van der Waals surface area contributed by atoms with E-state index in [2.05, 4.69) is 18.3 Å². The minimum absolute atomic E-state index is 0.779. The molecule has 3 heteroatoms. The van der Waals surface area contributed by atoms with E-state index in [4.69, 9.17) is 9.47 Å². The summed E-state index contributed by atoms with van der Waals surface area (Å²) in [5.41, 5.74) is 4.00. The monoisotopic (exact) mass is 261 g/mol. The topological polar surface area (TPSA) is 30.5 Å². The third-order valence-corrected chi connectivity index (χ3v) is 4.41. The average molecular weight is 261 g/mol. The summed E-state index contributed by atoms with van der Waals surface area (Å²) in [4.78, 5) is 0. The van der Waals surface area contributed by atoms with Gasteiger partial charge in [0.1, 0.15) is 11.5 Å². The molecule has 0 saturated carbocycles. The second-order valence-corrected chi connectivity index (χ2v) is 5.68. The van der Waals surface area contributed by atoms with E-state index in [0.717, 1.165) is 50.0 Å². The normalized spacial score (nSPS) is 19.1. The van der Waals surface area contributed by atoms with Gasteiger partial charge in [-0.3, -0.25) is 0 Å². The first-order valence-corrected chi connectivity index (χ1v) is 7.32. The number of nitrogens with one attached hydrogen (secondary N) is 1. The third kappa shape index (κ3) is 2.44. The molecule has 19 heavy (non-hydrogen) atoms. The molecule has 0 radical (unpaired) electrons. The Kier molecular flexibility index (Phi) is 3.65. The highest BCUT2D eigenvalue weighted by atomic mass is 16.5. The van der Waals surface area contributed by atoms with Crippen LogP contribution in [0.2, 0.25) is 0 Å². The lowest BCUT2D eigenvalue weighted by molar-refractivity contribution is 0.354. The quantitative estimate of drug-likeness (QED) is 0.906. The molecule has 2 aliphatic rings. The zero-order chi connectivity index (χ0) is 13.2. The molecule has 1 N–H and O–H groups in total. The summed E-state index contributed by atoms with van der Waals surface area (Å²) in [6, 6.07) is 2.13. The van der Waals surface area contributed by atoms with Crippen molar-refractivity contribution in [1.82, 2.24) is 5.32 Å². The molecular formula is C16H23NO2. The SMILES string of the molecule is COc1c(C)cc2c(c1CC1CCNCC1)CCO2. The molecule has 3 nitrogen and oxygen atoms in total. The van der Waals surface area contributed by atoms with E-state index in [9.17, 15) is 0 Å². The second kappa shape index (κ2) is 5.41. The van der Waals surface area contributed by atoms with Gasteiger partial charge >= 0.3 is 0 Å². The average Bonchev–Trinajstić information content (AvgIpc) is 2.88. The number of hydrogen-bond acceptors (Lipinski definition) is 3. The molecule has 0 bridgehead atoms. The number of fused-ring (bicyclic) bond motifs is 1. The molecule has 0 spiro atoms. The molecule has 0 unspecified atom stereocenters. The van der Waals surface area contributed by atoms with Crippen molar-refractivity contribution < 1.29 is 9.47 Å². The lowest BCUT2D eigenvalue weighted by Gasteiger charge is -2.25. The summed E-state index contributed by atoms with van der Waals surface area (Å²) in [6.07, 6.45) is 4.71. The van der Waals surface area contributed by atoms with Crippen molar-refractivity contribution in [3.8, 4) is 11.5 Å². The van der Waals surface area contributed by atoms with E-state index in [1.807, 2.05) is 0 Å². The van der Waals surface area contributed by atoms with Gasteiger partial charge in [0.05, 0.1) is 13.7 Å². The van der Waals surface area contributed by atoms with Gasteiger partial charge < -0.3 is 14.8 Å². The lowest BCUT2D eigenvalue weighted by atomic mass is 9.87. The molecule has 0 amide bonds. The van der Waals surface area contributed by atoms with Crippen LogP contribution in [0.1, 0.15) is 29.5 Å². The first-order chi connectivity index (χ1) is 9.29. The van der Waals surface area contributed by atoms with Crippen molar-refractivity contribution >= 4 is 0 Å². The van der Waals surface area contributed by atoms with Crippen LogP contribution >= 0.6 is 0 Å². The van der Waals surface area contributed by atoms with Crippen LogP contribution in [0.4, 0.5) is 0 Å². The fourth-order valence-corrected chi connectivity index (χ4v) is 3.41. The smallest absolute Gasteiger partial charge is 0.125 e. The van der Waals surface area contributed by atoms with Crippen molar-refractivity contribution in [3.05, 3.63) is 22.8 Å². The second-order valence-electron chi connectivity index (χ2n) is 5.68. The maximum atomic E-state index is 5.74. The molecule has 1 aromatic rings. The molecule has 1 aromatic carbocycles. The van der Waals surface area contributed by atoms with Gasteiger partial charge in [-0.25, -0.2) is 0 Å². The fourth-order valence-electron chi connectivity index (χ4n) is 3.41. The van der Waals surface area contributed by atoms with E-state index < -0.39 is 0 Å². The Bertz CT molecular complexity index is 461. The minimum Gasteiger partial charge on any atom is -0.496 e. The maximum Gasteiger partial charge on any atom is 0.125 e. The highest BCUT2D eigenvalue weighted by Crippen LogP contribution is 2.39. The van der Waals surface area contributed by atoms with Gasteiger partial charge in [0, 0.05) is 17.5 Å². The number of rotatable bonds is 3. The number of methoxy groups -OCH3 is 1. The predicted molar refractivity (Wildman–Crippen MR) is 76.2 cm³/mol. The molecule has 2 heterocycles. The highest BCUT2D eigenvalue weighted by molar-refractivity contribution is 5.55. The van der Waals surface area contributed by atoms with E-state index in [1.165, 1.54) is 29.5 Å². The highest BCUT2D eigenvalue weighted by Gasteiger charge is 2.24. The number of benzene rings is 1. The van der Waals surface area contributed by atoms with Gasteiger partial charge in [0.15, 0.2) is 0 Å². The van der Waals surface area contributed by atoms with Crippen LogP contribution in [0.5, 0.6) is 11.5 Å². The van der Waals surface area contributed by atoms with Crippen LogP contribution in [0.3, 0.4) is 0 Å². The molecule has 1 fully saturated rings. The van der Waals surface area contributed by atoms with Crippen LogP contribution in [0, 0.1) is 12.8 Å². The summed E-state index contributed by atoms with van der Waals surface area (Å²) in [7, 11) is 1.79. The van der Waals surface area contributed by atoms with Crippen molar-refractivity contribution in [2.24, 2.45) is 5.92 Å². The zero-order valence-corrected chi connectivity index (χ0v) is 11.9. The largest absolute Gasteiger partial charge is 0.496 e. The number of piperidine rings is 1. The van der Waals surface area contributed by atoms with E-state index in [1.54, 1.807) is 7.11 Å². The van der Waals surface area contributed by atoms with E-state index >= 15 is 0 Å². The van der Waals surface area contributed by atoms with Crippen molar-refractivity contribution in [1.29, 1.82) is 0 Å². The number of aryl methyl sites for hydroxylation is 1. The Hall–Kier alpha value is -1.22. The third-order valence-electron chi connectivity index (χ3n) is 4.41. The molecule has 3 rings (SSSR count). The van der Waals surface area contributed by atoms with Gasteiger partial charge in [-0.1, -0.05) is 0 Å². The van der Waals surface area contributed by atoms with Gasteiger partial charge in [-0.2, -0.15) is 0 Å². The van der Waals surface area contributed by atoms with E-state index in [-0.39, 0.29) is 0 Å². The summed E-state index contributed by atoms with van der Waals surface area (Å²) in [5.74, 6) is 2.95. The zero-order valence-electron chi connectivity index (χ0n) is 11.9. The molecular weight excluding hydrogens is 238 g/mol. The molecule has 104 valence electrons. The van der Waals surface area contributed by atoms with Gasteiger partial charge in [-0.15, -0.1) is 0 Å². The Morgan fingerprint density at radius 2 is 2.16 bits per heavy atom. The Balaban J connectivity index is 1.93. The summed E-state index contributed by atoms with van der Waals surface area (Å²) in [5, 5.41) is 3.44. The molecule has 0 aromatic heterocycles. The molecule has 0 aliphatic carbocycles. The number of ether oxygens (including phenoxy) is 2. The summed E-state index contributed by atoms with van der Waals surface area (Å²) in [6.45, 7) is 5.24. The molecule has 2 aliphatic heterocycles. The predicted octanol–water partition coefficient (Wildman–Crippen LogP) is 2.48. The van der Waals surface area contributed by atoms with Gasteiger partial charge in [0.2, 0.25) is 0 Å². The Labute approximate surface area is 115 Å². The van der Waals surface area contributed by atoms with Crippen LogP contribution in [0.25, 0.3) is 0 Å². The maximum absolute atomic E-state index is 5.74. The summed E-state index contributed by atoms with van der Waals surface area (Å²) < 4.78 is 11.4. The lowest BCUT2D eigenvalue weighted by Crippen LogP contribution is -2.29. The first kappa shape index (κ1) is 12.8. The molecule has 0 atom stereocenters.